The van der Waals surface area contributed by atoms with Crippen molar-refractivity contribution in [2.24, 2.45) is 0 Å². The molecule has 0 aromatic carbocycles. The van der Waals surface area contributed by atoms with Gasteiger partial charge in [0.2, 0.25) is 0 Å². The lowest BCUT2D eigenvalue weighted by molar-refractivity contribution is -0.139. The van der Waals surface area contributed by atoms with E-state index in [1.54, 1.807) is 0 Å². The summed E-state index contributed by atoms with van der Waals surface area (Å²) in [6.45, 7) is 3.45. The van der Waals surface area contributed by atoms with Crippen LogP contribution in [-0.2, 0) is 9.53 Å². The van der Waals surface area contributed by atoms with Crippen LogP contribution in [0.3, 0.4) is 0 Å². The first-order valence-corrected chi connectivity index (χ1v) is 4.94. The summed E-state index contributed by atoms with van der Waals surface area (Å²) in [5, 5.41) is 8.78. The van der Waals surface area contributed by atoms with Gasteiger partial charge in [-0.25, -0.2) is 9.59 Å². The third-order valence-electron chi connectivity index (χ3n) is 2.38. The Morgan fingerprint density at radius 1 is 1.67 bits per heavy atom. The summed E-state index contributed by atoms with van der Waals surface area (Å²) >= 11 is 0. The molecule has 0 saturated carbocycles. The number of carbonyl (C=O) groups is 2. The van der Waals surface area contributed by atoms with E-state index in [9.17, 15) is 9.59 Å². The molecule has 1 aliphatic heterocycles. The van der Waals surface area contributed by atoms with Crippen molar-refractivity contribution in [2.45, 2.75) is 31.7 Å². The summed E-state index contributed by atoms with van der Waals surface area (Å²) in [4.78, 5) is 23.0. The summed E-state index contributed by atoms with van der Waals surface area (Å²) in [5.74, 6) is -0.434. The number of esters is 1. The average molecular weight is 213 g/mol. The van der Waals surface area contributed by atoms with E-state index in [4.69, 9.17) is 5.11 Å². The number of ether oxygens (including phenoxy) is 1. The average Bonchev–Trinajstić information content (AvgIpc) is 2.55. The highest BCUT2D eigenvalue weighted by Crippen LogP contribution is 2.17. The minimum Gasteiger partial charge on any atom is -0.465 e. The second-order valence-electron chi connectivity index (χ2n) is 3.43. The second kappa shape index (κ2) is 5.38. The maximum Gasteiger partial charge on any atom is 0.410 e. The molecule has 1 heterocycles. The third-order valence-corrected chi connectivity index (χ3v) is 2.38. The first kappa shape index (κ1) is 11.6. The first-order valence-electron chi connectivity index (χ1n) is 4.94. The van der Waals surface area contributed by atoms with Crippen molar-refractivity contribution < 1.29 is 19.4 Å². The fourth-order valence-corrected chi connectivity index (χ4v) is 1.54. The molecule has 1 unspecified atom stereocenters. The predicted molar refractivity (Wildman–Crippen MR) is 53.3 cm³/mol. The molecule has 0 aliphatic carbocycles. The van der Waals surface area contributed by atoms with Crippen LogP contribution in [0.4, 0.5) is 4.79 Å². The van der Waals surface area contributed by atoms with Crippen LogP contribution < -0.4 is 0 Å². The number of hydrogen-bond donors (Lipinski definition) is 1. The minimum atomic E-state index is -1.10. The first-order chi connectivity index (χ1) is 7.16. The zero-order valence-electron chi connectivity index (χ0n) is 8.52. The molecule has 1 N–H and O–H groups in total. The summed E-state index contributed by atoms with van der Waals surface area (Å²) in [7, 11) is 0. The smallest absolute Gasteiger partial charge is 0.410 e. The monoisotopic (exact) mass is 213 g/mol. The Bertz CT molecular complexity index is 264. The maximum atomic E-state index is 11.2. The molecule has 0 bridgehead atoms. The SMILES string of the molecule is C=CCCCCC1C(=O)OCN1C(=O)O. The van der Waals surface area contributed by atoms with E-state index in [0.717, 1.165) is 24.2 Å². The Kier molecular flexibility index (Phi) is 4.15. The fourth-order valence-electron chi connectivity index (χ4n) is 1.54. The lowest BCUT2D eigenvalue weighted by Crippen LogP contribution is -2.37. The second-order valence-corrected chi connectivity index (χ2v) is 3.43. The summed E-state index contributed by atoms with van der Waals surface area (Å²) < 4.78 is 4.68. The van der Waals surface area contributed by atoms with Crippen LogP contribution in [0.5, 0.6) is 0 Å². The molecule has 1 rings (SSSR count). The zero-order valence-corrected chi connectivity index (χ0v) is 8.52. The Balaban J connectivity index is 2.39. The molecule has 84 valence electrons. The van der Waals surface area contributed by atoms with Gasteiger partial charge in [-0.15, -0.1) is 6.58 Å². The molecule has 1 amide bonds. The number of nitrogens with zero attached hydrogens (tertiary/aromatic N) is 1. The molecule has 1 atom stereocenters. The van der Waals surface area contributed by atoms with Crippen molar-refractivity contribution in [2.75, 3.05) is 6.73 Å². The number of rotatable bonds is 5. The number of unbranched alkanes of at least 4 members (excludes halogenated alkanes) is 2. The van der Waals surface area contributed by atoms with Crippen molar-refractivity contribution in [3.05, 3.63) is 12.7 Å². The van der Waals surface area contributed by atoms with E-state index in [1.165, 1.54) is 0 Å². The number of carboxylic acid groups (broad SMARTS) is 1. The van der Waals surface area contributed by atoms with E-state index in [2.05, 4.69) is 11.3 Å². The molecule has 0 aromatic heterocycles. The predicted octanol–water partition coefficient (Wildman–Crippen LogP) is 1.60. The highest BCUT2D eigenvalue weighted by Gasteiger charge is 2.36. The zero-order chi connectivity index (χ0) is 11.3. The molecule has 0 spiro atoms. The van der Waals surface area contributed by atoms with Crippen molar-refractivity contribution in [1.82, 2.24) is 4.90 Å². The van der Waals surface area contributed by atoms with Gasteiger partial charge in [-0.3, -0.25) is 4.90 Å². The summed E-state index contributed by atoms with van der Waals surface area (Å²) in [6.07, 6.45) is 3.83. The summed E-state index contributed by atoms with van der Waals surface area (Å²) in [6, 6.07) is -0.618. The van der Waals surface area contributed by atoms with Gasteiger partial charge in [-0.1, -0.05) is 12.5 Å². The van der Waals surface area contributed by atoms with Crippen LogP contribution >= 0.6 is 0 Å². The van der Waals surface area contributed by atoms with E-state index in [1.807, 2.05) is 6.08 Å². The number of amides is 1. The van der Waals surface area contributed by atoms with Crippen molar-refractivity contribution in [3.63, 3.8) is 0 Å². The van der Waals surface area contributed by atoms with Gasteiger partial charge in [0.05, 0.1) is 0 Å². The molecule has 5 nitrogen and oxygen atoms in total. The lowest BCUT2D eigenvalue weighted by atomic mass is 10.1. The van der Waals surface area contributed by atoms with E-state index in [-0.39, 0.29) is 6.73 Å². The molecule has 5 heteroatoms. The molecule has 15 heavy (non-hydrogen) atoms. The number of allylic oxidation sites excluding steroid dienone is 1. The van der Waals surface area contributed by atoms with Crippen LogP contribution in [0.25, 0.3) is 0 Å². The molecule has 0 radical (unpaired) electrons. The Morgan fingerprint density at radius 3 is 3.00 bits per heavy atom. The highest BCUT2D eigenvalue weighted by atomic mass is 16.6. The quantitative estimate of drug-likeness (QED) is 0.428. The standard InChI is InChI=1S/C10H15NO4/c1-2-3-4-5-6-8-9(12)15-7-11(8)10(13)14/h2,8H,1,3-7H2,(H,13,14). The number of hydrogen-bond acceptors (Lipinski definition) is 3. The molecular formula is C10H15NO4. The molecule has 1 fully saturated rings. The topological polar surface area (TPSA) is 66.8 Å². The van der Waals surface area contributed by atoms with Crippen molar-refractivity contribution in [3.8, 4) is 0 Å². The Morgan fingerprint density at radius 2 is 2.40 bits per heavy atom. The highest BCUT2D eigenvalue weighted by molar-refractivity contribution is 5.83. The van der Waals surface area contributed by atoms with E-state index >= 15 is 0 Å². The van der Waals surface area contributed by atoms with E-state index in [0.29, 0.717) is 6.42 Å². The van der Waals surface area contributed by atoms with Gasteiger partial charge in [0.1, 0.15) is 6.04 Å². The van der Waals surface area contributed by atoms with Gasteiger partial charge in [0.25, 0.3) is 0 Å². The number of cyclic esters (lactones) is 1. The normalized spacial score (nSPS) is 20.1. The van der Waals surface area contributed by atoms with Gasteiger partial charge in [-0.05, 0) is 19.3 Å². The van der Waals surface area contributed by atoms with E-state index < -0.39 is 18.1 Å². The lowest BCUT2D eigenvalue weighted by Gasteiger charge is -2.15. The van der Waals surface area contributed by atoms with Crippen molar-refractivity contribution in [1.29, 1.82) is 0 Å². The fraction of sp³-hybridized carbons (Fsp3) is 0.600. The van der Waals surface area contributed by atoms with Crippen molar-refractivity contribution >= 4 is 12.1 Å². The minimum absolute atomic E-state index is 0.139. The van der Waals surface area contributed by atoms with Gasteiger partial charge in [0.15, 0.2) is 6.73 Å². The van der Waals surface area contributed by atoms with Crippen LogP contribution in [0.15, 0.2) is 12.7 Å². The van der Waals surface area contributed by atoms with Gasteiger partial charge in [-0.2, -0.15) is 0 Å². The van der Waals surface area contributed by atoms with Crippen LogP contribution in [0, 0.1) is 0 Å². The van der Waals surface area contributed by atoms with Gasteiger partial charge >= 0.3 is 12.1 Å². The molecule has 1 aliphatic rings. The van der Waals surface area contributed by atoms with Gasteiger partial charge in [0, 0.05) is 0 Å². The van der Waals surface area contributed by atoms with Crippen LogP contribution in [0.2, 0.25) is 0 Å². The Labute approximate surface area is 88.3 Å². The molecule has 1 saturated heterocycles. The largest absolute Gasteiger partial charge is 0.465 e. The van der Waals surface area contributed by atoms with Crippen LogP contribution in [-0.4, -0.2) is 34.8 Å². The Hall–Kier alpha value is -1.52. The third kappa shape index (κ3) is 2.97. The molecular weight excluding hydrogens is 198 g/mol. The summed E-state index contributed by atoms with van der Waals surface area (Å²) in [5.41, 5.74) is 0. The maximum absolute atomic E-state index is 11.2. The van der Waals surface area contributed by atoms with Gasteiger partial charge < -0.3 is 9.84 Å². The van der Waals surface area contributed by atoms with Crippen LogP contribution in [0.1, 0.15) is 25.7 Å². The molecule has 0 aromatic rings. The number of carbonyl (C=O) groups excluding carboxylic acids is 1.